The van der Waals surface area contributed by atoms with E-state index in [0.717, 1.165) is 10.0 Å². The summed E-state index contributed by atoms with van der Waals surface area (Å²) in [5.41, 5.74) is 1.45. The van der Waals surface area contributed by atoms with Crippen molar-refractivity contribution in [2.24, 2.45) is 0 Å². The number of benzene rings is 2. The van der Waals surface area contributed by atoms with Gasteiger partial charge in [0.1, 0.15) is 5.82 Å². The number of rotatable bonds is 1. The highest BCUT2D eigenvalue weighted by Gasteiger charge is 2.07. The summed E-state index contributed by atoms with van der Waals surface area (Å²) in [6.45, 7) is 0. The molecule has 0 spiro atoms. The van der Waals surface area contributed by atoms with E-state index >= 15 is 0 Å². The van der Waals surface area contributed by atoms with Crippen LogP contribution in [0.25, 0.3) is 22.3 Å². The average molecular weight is 301 g/mol. The number of halogens is 1. The molecule has 2 aromatic carbocycles. The van der Waals surface area contributed by atoms with Gasteiger partial charge in [-0.15, -0.1) is 0 Å². The minimum Gasteiger partial charge on any atom is -0.306 e. The van der Waals surface area contributed by atoms with Crippen LogP contribution in [-0.2, 0) is 0 Å². The largest absolute Gasteiger partial charge is 0.306 e. The molecule has 0 saturated heterocycles. The lowest BCUT2D eigenvalue weighted by Gasteiger charge is -2.03. The molecule has 0 aliphatic heterocycles. The fourth-order valence-corrected chi connectivity index (χ4v) is 2.42. The van der Waals surface area contributed by atoms with Crippen molar-refractivity contribution < 1.29 is 0 Å². The van der Waals surface area contributed by atoms with Crippen molar-refractivity contribution in [3.63, 3.8) is 0 Å². The molecule has 0 amide bonds. The second kappa shape index (κ2) is 4.38. The maximum Gasteiger partial charge on any atom is 0.260 e. The second-order valence-electron chi connectivity index (χ2n) is 3.91. The van der Waals surface area contributed by atoms with Gasteiger partial charge >= 0.3 is 0 Å². The molecular weight excluding hydrogens is 292 g/mol. The summed E-state index contributed by atoms with van der Waals surface area (Å²) < 4.78 is 0.758. The van der Waals surface area contributed by atoms with Gasteiger partial charge in [0, 0.05) is 10.0 Å². The third-order valence-electron chi connectivity index (χ3n) is 2.73. The van der Waals surface area contributed by atoms with Gasteiger partial charge in [0.05, 0.1) is 10.9 Å². The van der Waals surface area contributed by atoms with Crippen LogP contribution in [0.4, 0.5) is 0 Å². The fourth-order valence-electron chi connectivity index (χ4n) is 1.88. The number of fused-ring (bicyclic) bond motifs is 1. The van der Waals surface area contributed by atoms with Gasteiger partial charge in [0.25, 0.3) is 5.56 Å². The Morgan fingerprint density at radius 2 is 1.78 bits per heavy atom. The predicted octanol–water partition coefficient (Wildman–Crippen LogP) is 3.35. The van der Waals surface area contributed by atoms with Crippen molar-refractivity contribution in [1.82, 2.24) is 9.97 Å². The first-order valence-corrected chi connectivity index (χ1v) is 6.29. The molecule has 3 rings (SSSR count). The number of nitrogens with one attached hydrogen (secondary N) is 1. The second-order valence-corrected chi connectivity index (χ2v) is 4.77. The van der Waals surface area contributed by atoms with Crippen LogP contribution in [0.3, 0.4) is 0 Å². The normalized spacial score (nSPS) is 10.7. The monoisotopic (exact) mass is 300 g/mol. The molecule has 18 heavy (non-hydrogen) atoms. The molecule has 0 aliphatic carbocycles. The van der Waals surface area contributed by atoms with Crippen LogP contribution in [0.15, 0.2) is 57.8 Å². The summed E-state index contributed by atoms with van der Waals surface area (Å²) in [7, 11) is 0. The fraction of sp³-hybridized carbons (Fsp3) is 0. The Balaban J connectivity index is 2.33. The van der Waals surface area contributed by atoms with E-state index in [9.17, 15) is 4.79 Å². The van der Waals surface area contributed by atoms with Gasteiger partial charge in [0.15, 0.2) is 0 Å². The summed E-state index contributed by atoms with van der Waals surface area (Å²) in [6.07, 6.45) is 0. The van der Waals surface area contributed by atoms with Crippen molar-refractivity contribution in [1.29, 1.82) is 0 Å². The minimum atomic E-state index is -0.133. The van der Waals surface area contributed by atoms with E-state index < -0.39 is 0 Å². The van der Waals surface area contributed by atoms with Crippen molar-refractivity contribution in [2.45, 2.75) is 0 Å². The minimum absolute atomic E-state index is 0.133. The van der Waals surface area contributed by atoms with Crippen molar-refractivity contribution >= 4 is 26.8 Å². The van der Waals surface area contributed by atoms with Crippen LogP contribution in [0.1, 0.15) is 0 Å². The zero-order valence-electron chi connectivity index (χ0n) is 9.35. The van der Waals surface area contributed by atoms with Gasteiger partial charge in [0.2, 0.25) is 0 Å². The van der Waals surface area contributed by atoms with Crippen LogP contribution >= 0.6 is 15.9 Å². The van der Waals surface area contributed by atoms with E-state index in [4.69, 9.17) is 0 Å². The van der Waals surface area contributed by atoms with Crippen LogP contribution < -0.4 is 5.56 Å². The maximum atomic E-state index is 12.1. The Morgan fingerprint density at radius 3 is 2.56 bits per heavy atom. The third-order valence-corrected chi connectivity index (χ3v) is 3.39. The number of hydrogen-bond acceptors (Lipinski definition) is 2. The highest BCUT2D eigenvalue weighted by Crippen LogP contribution is 2.21. The van der Waals surface area contributed by atoms with E-state index in [0.29, 0.717) is 16.7 Å². The first-order valence-electron chi connectivity index (χ1n) is 5.50. The predicted molar refractivity (Wildman–Crippen MR) is 75.5 cm³/mol. The Hall–Kier alpha value is -1.94. The third kappa shape index (κ3) is 1.84. The van der Waals surface area contributed by atoms with E-state index in [1.807, 2.05) is 48.5 Å². The number of aromatic nitrogens is 2. The summed E-state index contributed by atoms with van der Waals surface area (Å²) in [5, 5.41) is 0.581. The Kier molecular flexibility index (Phi) is 2.72. The molecule has 4 heteroatoms. The van der Waals surface area contributed by atoms with E-state index in [2.05, 4.69) is 25.9 Å². The number of hydrogen-bond donors (Lipinski definition) is 1. The zero-order valence-corrected chi connectivity index (χ0v) is 10.9. The summed E-state index contributed by atoms with van der Waals surface area (Å²) in [4.78, 5) is 19.4. The Bertz CT molecular complexity index is 766. The zero-order chi connectivity index (χ0) is 12.5. The number of nitrogens with zero attached hydrogens (tertiary/aromatic N) is 1. The van der Waals surface area contributed by atoms with Gasteiger partial charge in [-0.1, -0.05) is 36.4 Å². The van der Waals surface area contributed by atoms with Gasteiger partial charge in [-0.05, 0) is 28.1 Å². The molecular formula is C14H9BrN2O. The van der Waals surface area contributed by atoms with Crippen LogP contribution in [0.2, 0.25) is 0 Å². The molecule has 0 radical (unpaired) electrons. The molecule has 0 atom stereocenters. The molecule has 3 nitrogen and oxygen atoms in total. The smallest absolute Gasteiger partial charge is 0.260 e. The molecule has 3 aromatic rings. The topological polar surface area (TPSA) is 45.8 Å². The lowest BCUT2D eigenvalue weighted by molar-refractivity contribution is 1.18. The van der Waals surface area contributed by atoms with Crippen LogP contribution in [0, 0.1) is 0 Å². The quantitative estimate of drug-likeness (QED) is 0.749. The molecule has 1 N–H and O–H groups in total. The lowest BCUT2D eigenvalue weighted by atomic mass is 10.2. The molecule has 1 heterocycles. The molecule has 88 valence electrons. The van der Waals surface area contributed by atoms with Crippen LogP contribution in [-0.4, -0.2) is 9.97 Å². The Morgan fingerprint density at radius 1 is 1.00 bits per heavy atom. The standard InChI is InChI=1S/C14H9BrN2O/c15-10-7-4-8-11-12(10)14(18)17-13(16-11)9-5-2-1-3-6-9/h1-8H,(H,16,17,18). The average Bonchev–Trinajstić information content (AvgIpc) is 2.39. The first kappa shape index (κ1) is 11.2. The van der Waals surface area contributed by atoms with Gasteiger partial charge in [-0.3, -0.25) is 4.79 Å². The summed E-state index contributed by atoms with van der Waals surface area (Å²) >= 11 is 3.37. The number of H-pyrrole nitrogens is 1. The van der Waals surface area contributed by atoms with E-state index in [1.165, 1.54) is 0 Å². The molecule has 0 unspecified atom stereocenters. The molecule has 0 saturated carbocycles. The highest BCUT2D eigenvalue weighted by atomic mass is 79.9. The van der Waals surface area contributed by atoms with Crippen molar-refractivity contribution in [3.8, 4) is 11.4 Å². The van der Waals surface area contributed by atoms with E-state index in [1.54, 1.807) is 0 Å². The van der Waals surface area contributed by atoms with Gasteiger partial charge < -0.3 is 4.98 Å². The summed E-state index contributed by atoms with van der Waals surface area (Å²) in [6, 6.07) is 15.1. The molecule has 0 aliphatic rings. The first-order chi connectivity index (χ1) is 8.75. The van der Waals surface area contributed by atoms with Gasteiger partial charge in [-0.2, -0.15) is 0 Å². The summed E-state index contributed by atoms with van der Waals surface area (Å²) in [5.74, 6) is 0.589. The molecule has 0 fully saturated rings. The van der Waals surface area contributed by atoms with Crippen molar-refractivity contribution in [2.75, 3.05) is 0 Å². The molecule has 0 bridgehead atoms. The van der Waals surface area contributed by atoms with Gasteiger partial charge in [-0.25, -0.2) is 4.98 Å². The van der Waals surface area contributed by atoms with Crippen LogP contribution in [0.5, 0.6) is 0 Å². The maximum absolute atomic E-state index is 12.1. The SMILES string of the molecule is O=c1[nH]c(-c2ccccc2)nc2cccc(Br)c12. The Labute approximate surface area is 112 Å². The highest BCUT2D eigenvalue weighted by molar-refractivity contribution is 9.10. The lowest BCUT2D eigenvalue weighted by Crippen LogP contribution is -2.10. The molecule has 1 aromatic heterocycles. The van der Waals surface area contributed by atoms with E-state index in [-0.39, 0.29) is 5.56 Å². The van der Waals surface area contributed by atoms with Crippen molar-refractivity contribution in [3.05, 3.63) is 63.4 Å². The number of aromatic amines is 1.